The van der Waals surface area contributed by atoms with Gasteiger partial charge in [0.1, 0.15) is 5.75 Å². The minimum absolute atomic E-state index is 0.138. The number of carbonyl (C=O) groups is 1. The first-order valence-corrected chi connectivity index (χ1v) is 9.08. The molecule has 3 aromatic rings. The fraction of sp³-hybridized carbons (Fsp3) is 0.167. The lowest BCUT2D eigenvalue weighted by Gasteiger charge is -2.10. The first kappa shape index (κ1) is 18.3. The number of aromatic nitrogens is 2. The lowest BCUT2D eigenvalue weighted by Crippen LogP contribution is -2.14. The summed E-state index contributed by atoms with van der Waals surface area (Å²) in [5.41, 5.74) is 2.42. The van der Waals surface area contributed by atoms with E-state index in [0.717, 1.165) is 22.9 Å². The number of amides is 1. The largest absolute Gasteiger partial charge is 0.495 e. The predicted molar refractivity (Wildman–Crippen MR) is 102 cm³/mol. The second-order valence-corrected chi connectivity index (χ2v) is 6.78. The van der Waals surface area contributed by atoms with Gasteiger partial charge in [0.25, 0.3) is 5.22 Å². The minimum Gasteiger partial charge on any atom is -0.495 e. The molecule has 0 spiro atoms. The molecule has 0 saturated heterocycles. The summed E-state index contributed by atoms with van der Waals surface area (Å²) in [7, 11) is 1.56. The summed E-state index contributed by atoms with van der Waals surface area (Å²) in [4.78, 5) is 12.2. The number of thioether (sulfide) groups is 1. The van der Waals surface area contributed by atoms with Gasteiger partial charge in [0.2, 0.25) is 11.8 Å². The molecule has 0 bridgehead atoms. The van der Waals surface area contributed by atoms with Crippen LogP contribution in [0.5, 0.6) is 5.75 Å². The fourth-order valence-corrected chi connectivity index (χ4v) is 2.90. The average molecular weight is 390 g/mol. The SMILES string of the molecule is COc1ccc(C)cc1NC(=O)CSc1nnc(-c2ccc(Cl)cc2)o1. The van der Waals surface area contributed by atoms with Crippen molar-refractivity contribution in [1.82, 2.24) is 10.2 Å². The number of nitrogens with zero attached hydrogens (tertiary/aromatic N) is 2. The molecule has 0 aliphatic rings. The zero-order valence-corrected chi connectivity index (χ0v) is 15.7. The van der Waals surface area contributed by atoms with Gasteiger partial charge in [-0.15, -0.1) is 10.2 Å². The monoisotopic (exact) mass is 389 g/mol. The van der Waals surface area contributed by atoms with Gasteiger partial charge in [-0.1, -0.05) is 29.4 Å². The van der Waals surface area contributed by atoms with Crippen LogP contribution in [0.1, 0.15) is 5.56 Å². The average Bonchev–Trinajstić information content (AvgIpc) is 3.10. The van der Waals surface area contributed by atoms with E-state index in [1.807, 2.05) is 25.1 Å². The molecule has 2 aromatic carbocycles. The molecule has 1 heterocycles. The van der Waals surface area contributed by atoms with Gasteiger partial charge >= 0.3 is 0 Å². The number of anilines is 1. The van der Waals surface area contributed by atoms with Crippen molar-refractivity contribution in [3.63, 3.8) is 0 Å². The van der Waals surface area contributed by atoms with Crippen molar-refractivity contribution in [2.24, 2.45) is 0 Å². The highest BCUT2D eigenvalue weighted by molar-refractivity contribution is 7.99. The van der Waals surface area contributed by atoms with Crippen molar-refractivity contribution in [1.29, 1.82) is 0 Å². The molecule has 6 nitrogen and oxygen atoms in total. The van der Waals surface area contributed by atoms with E-state index in [0.29, 0.717) is 27.6 Å². The van der Waals surface area contributed by atoms with Gasteiger partial charge < -0.3 is 14.5 Å². The van der Waals surface area contributed by atoms with Crippen LogP contribution in [-0.4, -0.2) is 29.0 Å². The predicted octanol–water partition coefficient (Wildman–Crippen LogP) is 4.44. The molecule has 1 aromatic heterocycles. The summed E-state index contributed by atoms with van der Waals surface area (Å²) < 4.78 is 10.8. The van der Waals surface area contributed by atoms with Gasteiger partial charge in [0.05, 0.1) is 18.6 Å². The van der Waals surface area contributed by atoms with Gasteiger partial charge in [-0.25, -0.2) is 0 Å². The standard InChI is InChI=1S/C18H16ClN3O3S/c1-11-3-8-15(24-2)14(9-11)20-16(23)10-26-18-22-21-17(25-18)12-4-6-13(19)7-5-12/h3-9H,10H2,1-2H3,(H,20,23). The zero-order chi connectivity index (χ0) is 18.5. The molecule has 26 heavy (non-hydrogen) atoms. The number of hydrogen-bond donors (Lipinski definition) is 1. The Balaban J connectivity index is 1.60. The molecule has 3 rings (SSSR count). The van der Waals surface area contributed by atoms with Crippen molar-refractivity contribution < 1.29 is 13.9 Å². The molecule has 0 fully saturated rings. The fourth-order valence-electron chi connectivity index (χ4n) is 2.21. The summed E-state index contributed by atoms with van der Waals surface area (Å²) in [6.07, 6.45) is 0. The molecule has 1 amide bonds. The Bertz CT molecular complexity index is 912. The molecule has 0 aliphatic carbocycles. The number of ether oxygens (including phenoxy) is 1. The minimum atomic E-state index is -0.190. The van der Waals surface area contributed by atoms with E-state index in [-0.39, 0.29) is 11.7 Å². The first-order chi connectivity index (χ1) is 12.5. The first-order valence-electron chi connectivity index (χ1n) is 7.72. The molecule has 0 aliphatic heterocycles. The molecule has 0 unspecified atom stereocenters. The Kier molecular flexibility index (Phi) is 5.80. The maximum Gasteiger partial charge on any atom is 0.277 e. The molecule has 8 heteroatoms. The van der Waals surface area contributed by atoms with E-state index in [1.54, 1.807) is 31.4 Å². The highest BCUT2D eigenvalue weighted by Gasteiger charge is 2.13. The lowest BCUT2D eigenvalue weighted by atomic mass is 10.2. The van der Waals surface area contributed by atoms with Crippen LogP contribution in [0.25, 0.3) is 11.5 Å². The molecule has 0 radical (unpaired) electrons. The number of hydrogen-bond acceptors (Lipinski definition) is 6. The maximum absolute atomic E-state index is 12.2. The molecular weight excluding hydrogens is 374 g/mol. The van der Waals surface area contributed by atoms with Gasteiger partial charge in [-0.2, -0.15) is 0 Å². The third kappa shape index (κ3) is 4.56. The quantitative estimate of drug-likeness (QED) is 0.628. The van der Waals surface area contributed by atoms with Crippen LogP contribution in [0.15, 0.2) is 52.1 Å². The topological polar surface area (TPSA) is 77.2 Å². The maximum atomic E-state index is 12.2. The van der Waals surface area contributed by atoms with E-state index in [4.69, 9.17) is 20.8 Å². The second-order valence-electron chi connectivity index (χ2n) is 5.42. The van der Waals surface area contributed by atoms with Crippen molar-refractivity contribution in [2.45, 2.75) is 12.1 Å². The van der Waals surface area contributed by atoms with E-state index in [9.17, 15) is 4.79 Å². The Morgan fingerprint density at radius 3 is 2.73 bits per heavy atom. The summed E-state index contributed by atoms with van der Waals surface area (Å²) in [5.74, 6) is 0.936. The van der Waals surface area contributed by atoms with E-state index in [1.165, 1.54) is 0 Å². The third-order valence-corrected chi connectivity index (χ3v) is 4.52. The number of benzene rings is 2. The number of nitrogens with one attached hydrogen (secondary N) is 1. The molecular formula is C18H16ClN3O3S. The van der Waals surface area contributed by atoms with Crippen LogP contribution in [0.2, 0.25) is 5.02 Å². The Labute approximate surface area is 159 Å². The molecule has 134 valence electrons. The Morgan fingerprint density at radius 2 is 2.00 bits per heavy atom. The number of halogens is 1. The highest BCUT2D eigenvalue weighted by Crippen LogP contribution is 2.27. The smallest absolute Gasteiger partial charge is 0.277 e. The number of aryl methyl sites for hydroxylation is 1. The third-order valence-electron chi connectivity index (χ3n) is 3.45. The molecule has 1 N–H and O–H groups in total. The van der Waals surface area contributed by atoms with Gasteiger partial charge in [0, 0.05) is 10.6 Å². The van der Waals surface area contributed by atoms with E-state index >= 15 is 0 Å². The van der Waals surface area contributed by atoms with Crippen molar-refractivity contribution in [2.75, 3.05) is 18.2 Å². The van der Waals surface area contributed by atoms with Crippen LogP contribution < -0.4 is 10.1 Å². The van der Waals surface area contributed by atoms with Crippen molar-refractivity contribution in [3.05, 3.63) is 53.1 Å². The van der Waals surface area contributed by atoms with E-state index < -0.39 is 0 Å². The van der Waals surface area contributed by atoms with Gasteiger partial charge in [-0.3, -0.25) is 4.79 Å². The summed E-state index contributed by atoms with van der Waals surface area (Å²) >= 11 is 7.03. The van der Waals surface area contributed by atoms with E-state index in [2.05, 4.69) is 15.5 Å². The highest BCUT2D eigenvalue weighted by atomic mass is 35.5. The van der Waals surface area contributed by atoms with Crippen molar-refractivity contribution in [3.8, 4) is 17.2 Å². The lowest BCUT2D eigenvalue weighted by molar-refractivity contribution is -0.113. The van der Waals surface area contributed by atoms with Crippen molar-refractivity contribution >= 4 is 35.0 Å². The van der Waals surface area contributed by atoms with Gasteiger partial charge in [-0.05, 0) is 48.9 Å². The van der Waals surface area contributed by atoms with Crippen LogP contribution in [-0.2, 0) is 4.79 Å². The number of rotatable bonds is 6. The Morgan fingerprint density at radius 1 is 1.23 bits per heavy atom. The van der Waals surface area contributed by atoms with Gasteiger partial charge in [0.15, 0.2) is 0 Å². The summed E-state index contributed by atoms with van der Waals surface area (Å²) in [6, 6.07) is 12.7. The summed E-state index contributed by atoms with van der Waals surface area (Å²) in [6.45, 7) is 1.95. The van der Waals surface area contributed by atoms with Crippen LogP contribution in [0.4, 0.5) is 5.69 Å². The van der Waals surface area contributed by atoms with Crippen LogP contribution in [0, 0.1) is 6.92 Å². The number of carbonyl (C=O) groups excluding carboxylic acids is 1. The second kappa shape index (κ2) is 8.25. The zero-order valence-electron chi connectivity index (χ0n) is 14.2. The van der Waals surface area contributed by atoms with Crippen LogP contribution in [0.3, 0.4) is 0 Å². The normalized spacial score (nSPS) is 10.6. The number of methoxy groups -OCH3 is 1. The van der Waals surface area contributed by atoms with Crippen LogP contribution >= 0.6 is 23.4 Å². The molecule has 0 atom stereocenters. The summed E-state index contributed by atoms with van der Waals surface area (Å²) in [5, 5.41) is 11.7. The molecule has 0 saturated carbocycles. The Hall–Kier alpha value is -2.51.